The van der Waals surface area contributed by atoms with Crippen molar-refractivity contribution in [2.24, 2.45) is 0 Å². The number of methoxy groups -OCH3 is 1. The molecule has 3 rings (SSSR count). The summed E-state index contributed by atoms with van der Waals surface area (Å²) >= 11 is 6.35. The number of halogens is 2. The average molecular weight is 307 g/mol. The minimum absolute atomic E-state index is 0.190. The first-order valence-electron chi connectivity index (χ1n) is 6.43. The van der Waals surface area contributed by atoms with E-state index in [4.69, 9.17) is 16.3 Å². The lowest BCUT2D eigenvalue weighted by atomic mass is 10.1. The van der Waals surface area contributed by atoms with Gasteiger partial charge in [-0.15, -0.1) is 0 Å². The van der Waals surface area contributed by atoms with E-state index in [0.717, 1.165) is 6.42 Å². The van der Waals surface area contributed by atoms with Crippen molar-refractivity contribution in [2.45, 2.75) is 13.0 Å². The first-order valence-corrected chi connectivity index (χ1v) is 6.80. The third kappa shape index (κ3) is 2.14. The zero-order valence-electron chi connectivity index (χ0n) is 11.3. The molecule has 0 radical (unpaired) electrons. The molecule has 0 saturated carbocycles. The number of carbonyl (C=O) groups excluding carboxylic acids is 1. The highest BCUT2D eigenvalue weighted by Gasteiger charge is 2.28. The Morgan fingerprint density at radius 2 is 2.33 bits per heavy atom. The number of aromatic nitrogens is 2. The maximum atomic E-state index is 14.0. The quantitative estimate of drug-likeness (QED) is 0.629. The summed E-state index contributed by atoms with van der Waals surface area (Å²) in [5.74, 6) is -1.16. The molecule has 0 aromatic carbocycles. The van der Waals surface area contributed by atoms with Crippen LogP contribution in [0.5, 0.6) is 0 Å². The minimum Gasteiger partial charge on any atom is -0.465 e. The molecule has 0 unspecified atom stereocenters. The van der Waals surface area contributed by atoms with Gasteiger partial charge in [-0.2, -0.15) is 4.39 Å². The molecule has 108 valence electrons. The number of pyridine rings is 1. The predicted octanol–water partition coefficient (Wildman–Crippen LogP) is 3.55. The summed E-state index contributed by atoms with van der Waals surface area (Å²) in [6.07, 6.45) is 5.91. The van der Waals surface area contributed by atoms with E-state index in [1.54, 1.807) is 18.2 Å². The second-order valence-electron chi connectivity index (χ2n) is 4.60. The Kier molecular flexibility index (Phi) is 3.51. The Morgan fingerprint density at radius 3 is 3.05 bits per heavy atom. The highest BCUT2D eigenvalue weighted by molar-refractivity contribution is 6.36. The SMILES string of the molecule is COC(=O)c1c(Cl)c(-c2cccnc2F)n2c1C=CCC2. The Balaban J connectivity index is 2.32. The first kappa shape index (κ1) is 13.8. The lowest BCUT2D eigenvalue weighted by Crippen LogP contribution is -2.09. The molecule has 0 atom stereocenters. The highest BCUT2D eigenvalue weighted by Crippen LogP contribution is 2.39. The molecule has 0 bridgehead atoms. The molecule has 1 aliphatic heterocycles. The van der Waals surface area contributed by atoms with Gasteiger partial charge in [-0.3, -0.25) is 0 Å². The number of nitrogens with zero attached hydrogens (tertiary/aromatic N) is 2. The molecule has 0 saturated heterocycles. The van der Waals surface area contributed by atoms with Gasteiger partial charge in [-0.25, -0.2) is 9.78 Å². The predicted molar refractivity (Wildman–Crippen MR) is 77.6 cm³/mol. The number of esters is 1. The fourth-order valence-corrected chi connectivity index (χ4v) is 2.91. The van der Waals surface area contributed by atoms with E-state index in [1.165, 1.54) is 13.3 Å². The van der Waals surface area contributed by atoms with Crippen LogP contribution in [-0.2, 0) is 11.3 Å². The summed E-state index contributed by atoms with van der Waals surface area (Å²) in [5.41, 5.74) is 1.63. The van der Waals surface area contributed by atoms with Crippen molar-refractivity contribution in [2.75, 3.05) is 7.11 Å². The smallest absolute Gasteiger partial charge is 0.341 e. The summed E-state index contributed by atoms with van der Waals surface area (Å²) < 4.78 is 20.6. The van der Waals surface area contributed by atoms with Crippen molar-refractivity contribution >= 4 is 23.6 Å². The fraction of sp³-hybridized carbons (Fsp3) is 0.200. The van der Waals surface area contributed by atoms with E-state index >= 15 is 0 Å². The topological polar surface area (TPSA) is 44.1 Å². The van der Waals surface area contributed by atoms with Gasteiger partial charge in [0.05, 0.1) is 29.1 Å². The molecule has 2 aromatic heterocycles. The van der Waals surface area contributed by atoms with Crippen LogP contribution >= 0.6 is 11.6 Å². The monoisotopic (exact) mass is 306 g/mol. The number of hydrogen-bond donors (Lipinski definition) is 0. The Labute approximate surface area is 125 Å². The normalized spacial score (nSPS) is 13.1. The molecule has 1 aliphatic rings. The van der Waals surface area contributed by atoms with E-state index in [9.17, 15) is 9.18 Å². The summed E-state index contributed by atoms with van der Waals surface area (Å²) in [6, 6.07) is 3.22. The summed E-state index contributed by atoms with van der Waals surface area (Å²) in [6.45, 7) is 0.617. The molecule has 2 aromatic rings. The molecular weight excluding hydrogens is 295 g/mol. The molecule has 0 N–H and O–H groups in total. The number of hydrogen-bond acceptors (Lipinski definition) is 3. The van der Waals surface area contributed by atoms with Crippen LogP contribution in [0.3, 0.4) is 0 Å². The minimum atomic E-state index is -0.620. The third-order valence-electron chi connectivity index (χ3n) is 3.44. The largest absolute Gasteiger partial charge is 0.465 e. The van der Waals surface area contributed by atoms with Gasteiger partial charge in [-0.05, 0) is 24.6 Å². The molecule has 4 nitrogen and oxygen atoms in total. The second-order valence-corrected chi connectivity index (χ2v) is 4.98. The van der Waals surface area contributed by atoms with Crippen LogP contribution in [-0.4, -0.2) is 22.6 Å². The summed E-state index contributed by atoms with van der Waals surface area (Å²) in [7, 11) is 1.29. The van der Waals surface area contributed by atoms with Gasteiger partial charge in [0.2, 0.25) is 5.95 Å². The van der Waals surface area contributed by atoms with Crippen LogP contribution in [0.25, 0.3) is 17.3 Å². The van der Waals surface area contributed by atoms with Gasteiger partial charge in [0.1, 0.15) is 5.56 Å². The maximum Gasteiger partial charge on any atom is 0.341 e. The van der Waals surface area contributed by atoms with Gasteiger partial charge in [0.15, 0.2) is 0 Å². The van der Waals surface area contributed by atoms with Crippen molar-refractivity contribution < 1.29 is 13.9 Å². The van der Waals surface area contributed by atoms with Crippen molar-refractivity contribution in [3.63, 3.8) is 0 Å². The standard InChI is InChI=1S/C15H12ClFN2O2/c1-21-15(20)11-10-6-2-3-8-19(10)13(12(11)16)9-5-4-7-18-14(9)17/h2,4-7H,3,8H2,1H3. The van der Waals surface area contributed by atoms with E-state index in [1.807, 2.05) is 10.6 Å². The third-order valence-corrected chi connectivity index (χ3v) is 3.81. The molecule has 0 amide bonds. The van der Waals surface area contributed by atoms with E-state index < -0.39 is 11.9 Å². The second kappa shape index (κ2) is 5.33. The molecule has 0 aliphatic carbocycles. The zero-order chi connectivity index (χ0) is 15.0. The molecule has 0 fully saturated rings. The van der Waals surface area contributed by atoms with Crippen LogP contribution in [0.4, 0.5) is 4.39 Å². The van der Waals surface area contributed by atoms with Crippen LogP contribution in [0.15, 0.2) is 24.4 Å². The fourth-order valence-electron chi connectivity index (χ4n) is 2.53. The van der Waals surface area contributed by atoms with E-state index in [2.05, 4.69) is 4.98 Å². The number of rotatable bonds is 2. The van der Waals surface area contributed by atoms with Crippen molar-refractivity contribution in [3.05, 3.63) is 46.6 Å². The maximum absolute atomic E-state index is 14.0. The van der Waals surface area contributed by atoms with Crippen molar-refractivity contribution in [3.8, 4) is 11.3 Å². The van der Waals surface area contributed by atoms with E-state index in [-0.39, 0.29) is 16.1 Å². The van der Waals surface area contributed by atoms with Gasteiger partial charge in [-0.1, -0.05) is 17.7 Å². The van der Waals surface area contributed by atoms with Gasteiger partial charge in [0.25, 0.3) is 0 Å². The zero-order valence-corrected chi connectivity index (χ0v) is 12.0. The van der Waals surface area contributed by atoms with Crippen LogP contribution < -0.4 is 0 Å². The first-order chi connectivity index (χ1) is 10.1. The Hall–Kier alpha value is -2.14. The Bertz CT molecular complexity index is 752. The number of fused-ring (bicyclic) bond motifs is 1. The summed E-state index contributed by atoms with van der Waals surface area (Å²) in [5, 5.41) is 0.190. The molecule has 6 heteroatoms. The highest BCUT2D eigenvalue weighted by atomic mass is 35.5. The number of carbonyl (C=O) groups is 1. The number of ether oxygens (including phenoxy) is 1. The van der Waals surface area contributed by atoms with Crippen molar-refractivity contribution in [1.29, 1.82) is 0 Å². The molecule has 0 spiro atoms. The van der Waals surface area contributed by atoms with Crippen LogP contribution in [0.1, 0.15) is 22.5 Å². The lowest BCUT2D eigenvalue weighted by Gasteiger charge is -2.14. The van der Waals surface area contributed by atoms with Crippen LogP contribution in [0.2, 0.25) is 5.02 Å². The van der Waals surface area contributed by atoms with Gasteiger partial charge < -0.3 is 9.30 Å². The lowest BCUT2D eigenvalue weighted by molar-refractivity contribution is 0.0600. The van der Waals surface area contributed by atoms with Gasteiger partial charge >= 0.3 is 5.97 Å². The summed E-state index contributed by atoms with van der Waals surface area (Å²) in [4.78, 5) is 15.6. The van der Waals surface area contributed by atoms with Gasteiger partial charge in [0, 0.05) is 12.7 Å². The van der Waals surface area contributed by atoms with Crippen LogP contribution in [0, 0.1) is 5.95 Å². The van der Waals surface area contributed by atoms with E-state index in [0.29, 0.717) is 17.9 Å². The number of allylic oxidation sites excluding steroid dienone is 1. The Morgan fingerprint density at radius 1 is 1.52 bits per heavy atom. The molecular formula is C15H12ClFN2O2. The van der Waals surface area contributed by atoms with Crippen molar-refractivity contribution in [1.82, 2.24) is 9.55 Å². The molecule has 3 heterocycles. The average Bonchev–Trinajstić information content (AvgIpc) is 2.79. The molecule has 21 heavy (non-hydrogen) atoms.